The van der Waals surface area contributed by atoms with Gasteiger partial charge in [0.25, 0.3) is 0 Å². The van der Waals surface area contributed by atoms with Gasteiger partial charge in [-0.3, -0.25) is 10.4 Å². The van der Waals surface area contributed by atoms with Gasteiger partial charge in [0.05, 0.1) is 17.1 Å². The summed E-state index contributed by atoms with van der Waals surface area (Å²) in [6.45, 7) is 2.05. The van der Waals surface area contributed by atoms with Gasteiger partial charge in [0.15, 0.2) is 0 Å². The predicted octanol–water partition coefficient (Wildman–Crippen LogP) is 5.39. The molecule has 2 nitrogen and oxygen atoms in total. The number of nitrogens with zero attached hydrogens (tertiary/aromatic N) is 1. The van der Waals surface area contributed by atoms with Crippen molar-refractivity contribution in [3.8, 4) is 0 Å². The molecule has 0 amide bonds. The third kappa shape index (κ3) is 3.61. The number of nitrogens with one attached hydrogen (secondary N) is 1. The molecule has 0 saturated carbocycles. The lowest BCUT2D eigenvalue weighted by Gasteiger charge is -2.28. The van der Waals surface area contributed by atoms with Crippen molar-refractivity contribution in [1.82, 2.24) is 5.43 Å². The fourth-order valence-corrected chi connectivity index (χ4v) is 2.47. The van der Waals surface area contributed by atoms with E-state index in [1.807, 2.05) is 49.4 Å². The topological polar surface area (TPSA) is 15.3 Å². The van der Waals surface area contributed by atoms with E-state index < -0.39 is 0 Å². The van der Waals surface area contributed by atoms with Gasteiger partial charge in [0.1, 0.15) is 0 Å². The molecule has 1 N–H and O–H groups in total. The van der Waals surface area contributed by atoms with Gasteiger partial charge in [-0.1, -0.05) is 72.8 Å². The normalized spacial score (nSPS) is 11.1. The second-order valence-electron chi connectivity index (χ2n) is 5.19. The quantitative estimate of drug-likeness (QED) is 0.635. The van der Waals surface area contributed by atoms with E-state index in [0.29, 0.717) is 0 Å². The van der Waals surface area contributed by atoms with Crippen molar-refractivity contribution in [1.29, 1.82) is 0 Å². The van der Waals surface area contributed by atoms with E-state index in [1.165, 1.54) is 0 Å². The lowest BCUT2D eigenvalue weighted by Crippen LogP contribution is -2.32. The molecule has 3 aromatic rings. The maximum atomic E-state index is 3.55. The molecule has 0 fully saturated rings. The van der Waals surface area contributed by atoms with Crippen LogP contribution >= 0.6 is 0 Å². The average Bonchev–Trinajstić information content (AvgIpc) is 2.65. The highest BCUT2D eigenvalue weighted by atomic mass is 15.5. The number of hydrazine groups is 1. The summed E-state index contributed by atoms with van der Waals surface area (Å²) in [6, 6.07) is 31.0. The summed E-state index contributed by atoms with van der Waals surface area (Å²) in [5.74, 6) is 0. The third-order valence-electron chi connectivity index (χ3n) is 3.63. The zero-order valence-electron chi connectivity index (χ0n) is 13.2. The summed E-state index contributed by atoms with van der Waals surface area (Å²) in [7, 11) is 0. The number of rotatable bonds is 5. The number of hydrogen-bond donors (Lipinski definition) is 1. The second kappa shape index (κ2) is 7.32. The van der Waals surface area contributed by atoms with Crippen LogP contribution < -0.4 is 10.4 Å². The van der Waals surface area contributed by atoms with E-state index in [-0.39, 0.29) is 0 Å². The van der Waals surface area contributed by atoms with Gasteiger partial charge in [-0.25, -0.2) is 0 Å². The molecule has 0 aliphatic carbocycles. The first-order chi connectivity index (χ1) is 11.4. The van der Waals surface area contributed by atoms with Crippen molar-refractivity contribution in [2.45, 2.75) is 6.92 Å². The Morgan fingerprint density at radius 1 is 0.696 bits per heavy atom. The summed E-state index contributed by atoms with van der Waals surface area (Å²) >= 11 is 0. The van der Waals surface area contributed by atoms with E-state index in [1.54, 1.807) is 0 Å². The average molecular weight is 300 g/mol. The highest BCUT2D eigenvalue weighted by Crippen LogP contribution is 2.25. The number of anilines is 2. The van der Waals surface area contributed by atoms with E-state index in [9.17, 15) is 0 Å². The molecule has 114 valence electrons. The highest BCUT2D eigenvalue weighted by Gasteiger charge is 2.10. The Kier molecular flexibility index (Phi) is 4.75. The second-order valence-corrected chi connectivity index (χ2v) is 5.19. The number of benzene rings is 3. The molecule has 3 aromatic carbocycles. The Morgan fingerprint density at radius 3 is 1.57 bits per heavy atom. The van der Waals surface area contributed by atoms with E-state index in [2.05, 4.69) is 65.0 Å². The van der Waals surface area contributed by atoms with Gasteiger partial charge in [-0.15, -0.1) is 0 Å². The molecule has 0 bridgehead atoms. The van der Waals surface area contributed by atoms with E-state index >= 15 is 0 Å². The molecule has 3 rings (SSSR count). The van der Waals surface area contributed by atoms with Crippen molar-refractivity contribution in [2.24, 2.45) is 0 Å². The van der Waals surface area contributed by atoms with Crippen molar-refractivity contribution in [3.63, 3.8) is 0 Å². The van der Waals surface area contributed by atoms with Gasteiger partial charge >= 0.3 is 0 Å². The van der Waals surface area contributed by atoms with Crippen LogP contribution in [0.5, 0.6) is 0 Å². The van der Waals surface area contributed by atoms with Gasteiger partial charge in [-0.2, -0.15) is 0 Å². The molecule has 0 spiro atoms. The van der Waals surface area contributed by atoms with Crippen LogP contribution in [0.15, 0.2) is 97.1 Å². The first-order valence-corrected chi connectivity index (χ1v) is 7.77. The third-order valence-corrected chi connectivity index (χ3v) is 3.63. The molecule has 0 heterocycles. The smallest absolute Gasteiger partial charge is 0.0630 e. The first kappa shape index (κ1) is 14.9. The minimum absolute atomic E-state index is 1.07. The van der Waals surface area contributed by atoms with Crippen LogP contribution in [-0.2, 0) is 0 Å². The Labute approximate surface area is 137 Å². The minimum atomic E-state index is 1.07. The fraction of sp³-hybridized carbons (Fsp3) is 0.0476. The first-order valence-electron chi connectivity index (χ1n) is 7.77. The molecule has 0 aliphatic heterocycles. The van der Waals surface area contributed by atoms with Gasteiger partial charge in [0, 0.05) is 0 Å². The lowest BCUT2D eigenvalue weighted by atomic mass is 10.1. The van der Waals surface area contributed by atoms with E-state index in [0.717, 1.165) is 22.6 Å². The van der Waals surface area contributed by atoms with Gasteiger partial charge < -0.3 is 0 Å². The zero-order chi connectivity index (χ0) is 15.9. The van der Waals surface area contributed by atoms with E-state index in [4.69, 9.17) is 0 Å². The van der Waals surface area contributed by atoms with Crippen LogP contribution in [0.25, 0.3) is 5.70 Å². The molecule has 0 saturated heterocycles. The van der Waals surface area contributed by atoms with Crippen molar-refractivity contribution >= 4 is 17.1 Å². The zero-order valence-corrected chi connectivity index (χ0v) is 13.2. The van der Waals surface area contributed by atoms with Crippen molar-refractivity contribution in [2.75, 3.05) is 5.01 Å². The molecule has 0 aromatic heterocycles. The molecule has 23 heavy (non-hydrogen) atoms. The fourth-order valence-electron chi connectivity index (χ4n) is 2.47. The predicted molar refractivity (Wildman–Crippen MR) is 98.3 cm³/mol. The largest absolute Gasteiger partial charge is 0.294 e. The monoisotopic (exact) mass is 300 g/mol. The summed E-state index contributed by atoms with van der Waals surface area (Å²) in [4.78, 5) is 0. The van der Waals surface area contributed by atoms with Crippen molar-refractivity contribution < 1.29 is 0 Å². The van der Waals surface area contributed by atoms with Crippen LogP contribution in [0.4, 0.5) is 11.4 Å². The van der Waals surface area contributed by atoms with Crippen LogP contribution in [-0.4, -0.2) is 0 Å². The summed E-state index contributed by atoms with van der Waals surface area (Å²) in [5, 5.41) is 2.10. The minimum Gasteiger partial charge on any atom is -0.294 e. The molecule has 0 radical (unpaired) electrons. The highest BCUT2D eigenvalue weighted by molar-refractivity contribution is 5.70. The molecule has 0 atom stereocenters. The lowest BCUT2D eigenvalue weighted by molar-refractivity contribution is 0.905. The molecule has 0 unspecified atom stereocenters. The summed E-state index contributed by atoms with van der Waals surface area (Å²) < 4.78 is 0. The Balaban J connectivity index is 1.96. The SMILES string of the molecule is C/C=C(/NN(c1ccccc1)c1ccccc1)c1ccccc1. The molecule has 2 heteroatoms. The summed E-state index contributed by atoms with van der Waals surface area (Å²) in [5.41, 5.74) is 7.96. The summed E-state index contributed by atoms with van der Waals surface area (Å²) in [6.07, 6.45) is 2.09. The van der Waals surface area contributed by atoms with Crippen LogP contribution in [0.2, 0.25) is 0 Å². The molecule has 0 aliphatic rings. The maximum absolute atomic E-state index is 3.55. The van der Waals surface area contributed by atoms with Crippen LogP contribution in [0.3, 0.4) is 0 Å². The Morgan fingerprint density at radius 2 is 1.13 bits per heavy atom. The van der Waals surface area contributed by atoms with Crippen LogP contribution in [0, 0.1) is 0 Å². The van der Waals surface area contributed by atoms with Crippen molar-refractivity contribution in [3.05, 3.63) is 103 Å². The Hall–Kier alpha value is -3.00. The van der Waals surface area contributed by atoms with Gasteiger partial charge in [0.2, 0.25) is 0 Å². The number of para-hydroxylation sites is 2. The number of allylic oxidation sites excluding steroid dienone is 1. The van der Waals surface area contributed by atoms with Crippen LogP contribution in [0.1, 0.15) is 12.5 Å². The maximum Gasteiger partial charge on any atom is 0.0630 e. The van der Waals surface area contributed by atoms with Gasteiger partial charge in [-0.05, 0) is 36.8 Å². The molecular weight excluding hydrogens is 280 g/mol. The Bertz CT molecular complexity index is 710. The molecular formula is C21H20N2. The standard InChI is InChI=1S/C21H20N2/c1-2-21(18-12-6-3-7-13-18)22-23(19-14-8-4-9-15-19)20-16-10-5-11-17-20/h2-17,22H,1H3/b21-2+. The number of hydrogen-bond acceptors (Lipinski definition) is 2.